The first-order valence-corrected chi connectivity index (χ1v) is 8.35. The third-order valence-electron chi connectivity index (χ3n) is 4.82. The van der Waals surface area contributed by atoms with Gasteiger partial charge in [-0.1, -0.05) is 24.3 Å². The normalized spacial score (nSPS) is 11.6. The van der Waals surface area contributed by atoms with Gasteiger partial charge in [0.25, 0.3) is 0 Å². The molecule has 0 N–H and O–H groups in total. The highest BCUT2D eigenvalue weighted by molar-refractivity contribution is 6.09. The van der Waals surface area contributed by atoms with Crippen LogP contribution in [0.5, 0.6) is 0 Å². The van der Waals surface area contributed by atoms with Crippen LogP contribution in [0.25, 0.3) is 44.2 Å². The van der Waals surface area contributed by atoms with Crippen molar-refractivity contribution >= 4 is 33.0 Å². The van der Waals surface area contributed by atoms with Crippen molar-refractivity contribution in [3.8, 4) is 11.3 Å². The number of hydrogen-bond donors (Lipinski definition) is 0. The summed E-state index contributed by atoms with van der Waals surface area (Å²) >= 11 is 0. The van der Waals surface area contributed by atoms with E-state index in [9.17, 15) is 0 Å². The molecule has 0 aliphatic rings. The maximum absolute atomic E-state index is 6.21. The van der Waals surface area contributed by atoms with Crippen molar-refractivity contribution in [2.24, 2.45) is 0 Å². The van der Waals surface area contributed by atoms with Crippen molar-refractivity contribution in [3.63, 3.8) is 0 Å². The third-order valence-corrected chi connectivity index (χ3v) is 4.82. The Morgan fingerprint density at radius 2 is 1.76 bits per heavy atom. The van der Waals surface area contributed by atoms with Crippen LogP contribution in [-0.4, -0.2) is 9.97 Å². The van der Waals surface area contributed by atoms with E-state index in [4.69, 9.17) is 9.40 Å². The number of para-hydroxylation sites is 2. The molecule has 5 rings (SSSR count). The highest BCUT2D eigenvalue weighted by atomic mass is 16.3. The molecule has 0 aliphatic heterocycles. The molecule has 0 radical (unpaired) electrons. The lowest BCUT2D eigenvalue weighted by atomic mass is 10.0. The second-order valence-electron chi connectivity index (χ2n) is 6.47. The Morgan fingerprint density at radius 3 is 2.64 bits per heavy atom. The van der Waals surface area contributed by atoms with E-state index in [2.05, 4.69) is 49.2 Å². The lowest BCUT2D eigenvalue weighted by Gasteiger charge is -2.05. The zero-order valence-corrected chi connectivity index (χ0v) is 14.1. The van der Waals surface area contributed by atoms with Crippen LogP contribution in [0.1, 0.15) is 11.1 Å². The highest BCUT2D eigenvalue weighted by Crippen LogP contribution is 2.35. The van der Waals surface area contributed by atoms with Gasteiger partial charge in [0.1, 0.15) is 11.1 Å². The first-order chi connectivity index (χ1) is 12.2. The van der Waals surface area contributed by atoms with Crippen molar-refractivity contribution in [2.45, 2.75) is 13.8 Å². The quantitative estimate of drug-likeness (QED) is 0.390. The molecule has 3 heterocycles. The summed E-state index contributed by atoms with van der Waals surface area (Å²) in [6, 6.07) is 18.5. The topological polar surface area (TPSA) is 38.9 Å². The minimum absolute atomic E-state index is 0.810. The summed E-state index contributed by atoms with van der Waals surface area (Å²) in [4.78, 5) is 9.42. The molecule has 0 bridgehead atoms. The van der Waals surface area contributed by atoms with Crippen LogP contribution in [-0.2, 0) is 0 Å². The molecule has 0 unspecified atom stereocenters. The number of benzene rings is 2. The third kappa shape index (κ3) is 2.13. The molecule has 25 heavy (non-hydrogen) atoms. The molecule has 120 valence electrons. The van der Waals surface area contributed by atoms with Gasteiger partial charge in [-0.25, -0.2) is 4.98 Å². The second kappa shape index (κ2) is 5.15. The zero-order chi connectivity index (χ0) is 17.0. The standard InChI is InChI=1S/C22H16N2O/c1-13-10-19(23-12-14(13)2)16-7-5-8-17-21-20(25-22(16)17)11-15-6-3-4-9-18(15)24-21/h3-12H,1-2H3. The zero-order valence-electron chi connectivity index (χ0n) is 14.1. The number of pyridine rings is 2. The molecular formula is C22H16N2O. The van der Waals surface area contributed by atoms with Gasteiger partial charge in [-0.3, -0.25) is 4.98 Å². The van der Waals surface area contributed by atoms with Crippen LogP contribution in [0.4, 0.5) is 0 Å². The monoisotopic (exact) mass is 324 g/mol. The number of rotatable bonds is 1. The van der Waals surface area contributed by atoms with E-state index in [1.54, 1.807) is 0 Å². The van der Waals surface area contributed by atoms with E-state index in [1.165, 1.54) is 11.1 Å². The van der Waals surface area contributed by atoms with E-state index in [0.717, 1.165) is 44.2 Å². The summed E-state index contributed by atoms with van der Waals surface area (Å²) in [7, 11) is 0. The van der Waals surface area contributed by atoms with Gasteiger partial charge in [0.05, 0.1) is 11.2 Å². The maximum atomic E-state index is 6.21. The van der Waals surface area contributed by atoms with Crippen molar-refractivity contribution in [1.29, 1.82) is 0 Å². The minimum Gasteiger partial charge on any atom is -0.454 e. The van der Waals surface area contributed by atoms with Crippen LogP contribution in [0.15, 0.2) is 65.2 Å². The minimum atomic E-state index is 0.810. The number of hydrogen-bond acceptors (Lipinski definition) is 3. The SMILES string of the molecule is Cc1cnc(-c2cccc3c2oc2cc4ccccc4nc23)cc1C. The van der Waals surface area contributed by atoms with Crippen LogP contribution in [0, 0.1) is 13.8 Å². The van der Waals surface area contributed by atoms with E-state index in [-0.39, 0.29) is 0 Å². The van der Waals surface area contributed by atoms with E-state index < -0.39 is 0 Å². The molecule has 0 atom stereocenters. The number of aryl methyl sites for hydroxylation is 2. The number of aromatic nitrogens is 2. The molecule has 0 aliphatic carbocycles. The Morgan fingerprint density at radius 1 is 0.880 bits per heavy atom. The second-order valence-corrected chi connectivity index (χ2v) is 6.47. The molecule has 0 spiro atoms. The molecule has 0 fully saturated rings. The highest BCUT2D eigenvalue weighted by Gasteiger charge is 2.15. The van der Waals surface area contributed by atoms with Crippen molar-refractivity contribution in [1.82, 2.24) is 9.97 Å². The van der Waals surface area contributed by atoms with Crippen molar-refractivity contribution in [3.05, 3.63) is 71.9 Å². The lowest BCUT2D eigenvalue weighted by molar-refractivity contribution is 0.669. The summed E-state index contributed by atoms with van der Waals surface area (Å²) in [6.07, 6.45) is 1.92. The summed E-state index contributed by atoms with van der Waals surface area (Å²) in [6.45, 7) is 4.18. The van der Waals surface area contributed by atoms with Gasteiger partial charge in [0.15, 0.2) is 5.58 Å². The smallest absolute Gasteiger partial charge is 0.154 e. The van der Waals surface area contributed by atoms with Crippen molar-refractivity contribution in [2.75, 3.05) is 0 Å². The number of fused-ring (bicyclic) bond motifs is 4. The summed E-state index contributed by atoms with van der Waals surface area (Å²) < 4.78 is 6.21. The van der Waals surface area contributed by atoms with Crippen LogP contribution < -0.4 is 0 Å². The molecule has 3 nitrogen and oxygen atoms in total. The molecule has 0 saturated carbocycles. The molecule has 3 heteroatoms. The maximum Gasteiger partial charge on any atom is 0.154 e. The number of furan rings is 1. The van der Waals surface area contributed by atoms with E-state index in [0.29, 0.717) is 0 Å². The molecule has 0 saturated heterocycles. The largest absolute Gasteiger partial charge is 0.454 e. The number of nitrogens with zero attached hydrogens (tertiary/aromatic N) is 2. The predicted octanol–water partition coefficient (Wildman–Crippen LogP) is 5.81. The summed E-state index contributed by atoms with van der Waals surface area (Å²) in [5.41, 5.74) is 7.88. The van der Waals surface area contributed by atoms with Crippen LogP contribution in [0.2, 0.25) is 0 Å². The van der Waals surface area contributed by atoms with Crippen LogP contribution in [0.3, 0.4) is 0 Å². The van der Waals surface area contributed by atoms with Gasteiger partial charge in [0, 0.05) is 22.5 Å². The first kappa shape index (κ1) is 14.2. The molecule has 0 amide bonds. The van der Waals surface area contributed by atoms with Gasteiger partial charge < -0.3 is 4.42 Å². The molecular weight excluding hydrogens is 308 g/mol. The Hall–Kier alpha value is -3.20. The summed E-state index contributed by atoms with van der Waals surface area (Å²) in [5.74, 6) is 0. The molecule has 3 aromatic heterocycles. The van der Waals surface area contributed by atoms with Gasteiger partial charge in [-0.05, 0) is 55.3 Å². The Kier molecular flexibility index (Phi) is 2.92. The van der Waals surface area contributed by atoms with Crippen LogP contribution >= 0.6 is 0 Å². The molecule has 2 aromatic carbocycles. The fourth-order valence-electron chi connectivity index (χ4n) is 3.28. The van der Waals surface area contributed by atoms with Gasteiger partial charge in [-0.2, -0.15) is 0 Å². The van der Waals surface area contributed by atoms with E-state index >= 15 is 0 Å². The van der Waals surface area contributed by atoms with Gasteiger partial charge in [0.2, 0.25) is 0 Å². The van der Waals surface area contributed by atoms with Gasteiger partial charge in [-0.15, -0.1) is 0 Å². The lowest BCUT2D eigenvalue weighted by Crippen LogP contribution is -1.88. The predicted molar refractivity (Wildman–Crippen MR) is 102 cm³/mol. The van der Waals surface area contributed by atoms with Gasteiger partial charge >= 0.3 is 0 Å². The fourth-order valence-corrected chi connectivity index (χ4v) is 3.28. The Labute approximate surface area is 144 Å². The first-order valence-electron chi connectivity index (χ1n) is 8.35. The Bertz CT molecular complexity index is 1270. The fraction of sp³-hybridized carbons (Fsp3) is 0.0909. The summed E-state index contributed by atoms with van der Waals surface area (Å²) in [5, 5.41) is 2.11. The Balaban J connectivity index is 1.86. The average molecular weight is 324 g/mol. The van der Waals surface area contributed by atoms with E-state index in [1.807, 2.05) is 30.5 Å². The van der Waals surface area contributed by atoms with Crippen molar-refractivity contribution < 1.29 is 4.42 Å². The molecule has 5 aromatic rings. The average Bonchev–Trinajstić information content (AvgIpc) is 2.99.